The molecular weight excluding hydrogens is 233 g/mol. The molecule has 2 N–H and O–H groups in total. The number of hydrogen-bond acceptors (Lipinski definition) is 3. The quantitative estimate of drug-likeness (QED) is 0.655. The zero-order chi connectivity index (χ0) is 13.4. The third kappa shape index (κ3) is 2.01. The third-order valence-corrected chi connectivity index (χ3v) is 2.91. The Balaban J connectivity index is 2.52. The van der Waals surface area contributed by atoms with Crippen LogP contribution >= 0.6 is 0 Å². The Morgan fingerprint density at radius 3 is 2.39 bits per heavy atom. The van der Waals surface area contributed by atoms with Crippen LogP contribution in [-0.4, -0.2) is 5.78 Å². The summed E-state index contributed by atoms with van der Waals surface area (Å²) in [6, 6.07) is 4.43. The largest absolute Gasteiger partial charge is 0.458 e. The molecule has 4 heteroatoms. The van der Waals surface area contributed by atoms with E-state index in [0.717, 1.165) is 5.56 Å². The number of furan rings is 1. The number of benzene rings is 1. The number of halogens is 1. The zero-order valence-electron chi connectivity index (χ0n) is 10.5. The average molecular weight is 247 g/mol. The Bertz CT molecular complexity index is 609. The van der Waals surface area contributed by atoms with Crippen LogP contribution in [0.2, 0.25) is 0 Å². The van der Waals surface area contributed by atoms with Crippen LogP contribution in [0.5, 0.6) is 0 Å². The standard InChI is InChI=1S/C14H14FNO2/c1-7-5-12(18-9(7)3)14(17)11-6-10(16)4-8(2)13(11)15/h4-6H,16H2,1-3H3. The molecule has 0 saturated carbocycles. The van der Waals surface area contributed by atoms with Gasteiger partial charge in [-0.1, -0.05) is 0 Å². The van der Waals surface area contributed by atoms with Crippen LogP contribution in [-0.2, 0) is 0 Å². The molecule has 1 aromatic heterocycles. The van der Waals surface area contributed by atoms with Gasteiger partial charge in [0.15, 0.2) is 5.76 Å². The van der Waals surface area contributed by atoms with Crippen molar-refractivity contribution in [2.45, 2.75) is 20.8 Å². The van der Waals surface area contributed by atoms with Gasteiger partial charge < -0.3 is 10.2 Å². The van der Waals surface area contributed by atoms with E-state index in [1.807, 2.05) is 6.92 Å². The van der Waals surface area contributed by atoms with Gasteiger partial charge in [-0.15, -0.1) is 0 Å². The SMILES string of the molecule is Cc1cc(C(=O)c2cc(N)cc(C)c2F)oc1C. The van der Waals surface area contributed by atoms with E-state index in [0.29, 0.717) is 17.0 Å². The lowest BCUT2D eigenvalue weighted by Gasteiger charge is -2.05. The third-order valence-electron chi connectivity index (χ3n) is 2.91. The van der Waals surface area contributed by atoms with Gasteiger partial charge in [-0.05, 0) is 50.1 Å². The fourth-order valence-electron chi connectivity index (χ4n) is 1.78. The van der Waals surface area contributed by atoms with Gasteiger partial charge in [0, 0.05) is 5.69 Å². The highest BCUT2D eigenvalue weighted by molar-refractivity contribution is 6.08. The second kappa shape index (κ2) is 4.29. The van der Waals surface area contributed by atoms with Crippen LogP contribution in [0.25, 0.3) is 0 Å². The van der Waals surface area contributed by atoms with Crippen LogP contribution in [0.1, 0.15) is 33.0 Å². The van der Waals surface area contributed by atoms with Gasteiger partial charge in [-0.3, -0.25) is 4.79 Å². The van der Waals surface area contributed by atoms with E-state index >= 15 is 0 Å². The molecule has 18 heavy (non-hydrogen) atoms. The molecule has 0 atom stereocenters. The topological polar surface area (TPSA) is 56.2 Å². The Kier molecular flexibility index (Phi) is 2.95. The minimum Gasteiger partial charge on any atom is -0.458 e. The summed E-state index contributed by atoms with van der Waals surface area (Å²) in [7, 11) is 0. The van der Waals surface area contributed by atoms with E-state index < -0.39 is 11.6 Å². The monoisotopic (exact) mass is 247 g/mol. The first kappa shape index (κ1) is 12.4. The number of rotatable bonds is 2. The molecule has 94 valence electrons. The number of anilines is 1. The van der Waals surface area contributed by atoms with Crippen LogP contribution in [0.15, 0.2) is 22.6 Å². The van der Waals surface area contributed by atoms with Crippen LogP contribution in [0.4, 0.5) is 10.1 Å². The van der Waals surface area contributed by atoms with Gasteiger partial charge in [-0.2, -0.15) is 0 Å². The molecule has 0 radical (unpaired) electrons. The summed E-state index contributed by atoms with van der Waals surface area (Å²) < 4.78 is 19.2. The van der Waals surface area contributed by atoms with Gasteiger partial charge >= 0.3 is 0 Å². The number of carbonyl (C=O) groups excluding carboxylic acids is 1. The maximum Gasteiger partial charge on any atom is 0.231 e. The summed E-state index contributed by atoms with van der Waals surface area (Å²) in [6.45, 7) is 5.16. The summed E-state index contributed by atoms with van der Waals surface area (Å²) in [5.74, 6) is -0.256. The molecule has 0 aliphatic rings. The summed E-state index contributed by atoms with van der Waals surface area (Å²) in [5, 5.41) is 0. The lowest BCUT2D eigenvalue weighted by molar-refractivity contribution is 0.100. The van der Waals surface area contributed by atoms with Crippen molar-refractivity contribution in [3.8, 4) is 0 Å². The maximum absolute atomic E-state index is 13.9. The summed E-state index contributed by atoms with van der Waals surface area (Å²) >= 11 is 0. The molecule has 1 heterocycles. The number of carbonyl (C=O) groups is 1. The number of aryl methyl sites for hydroxylation is 3. The fraction of sp³-hybridized carbons (Fsp3) is 0.214. The lowest BCUT2D eigenvalue weighted by Crippen LogP contribution is -2.06. The van der Waals surface area contributed by atoms with Crippen molar-refractivity contribution in [2.24, 2.45) is 0 Å². The van der Waals surface area contributed by atoms with Crippen LogP contribution in [0, 0.1) is 26.6 Å². The van der Waals surface area contributed by atoms with Gasteiger partial charge in [0.1, 0.15) is 11.6 Å². The minimum absolute atomic E-state index is 0.0544. The summed E-state index contributed by atoms with van der Waals surface area (Å²) in [5.41, 5.74) is 7.14. The Morgan fingerprint density at radius 1 is 1.17 bits per heavy atom. The maximum atomic E-state index is 13.9. The van der Waals surface area contributed by atoms with Crippen molar-refractivity contribution >= 4 is 11.5 Å². The highest BCUT2D eigenvalue weighted by Gasteiger charge is 2.20. The molecular formula is C14H14FNO2. The Hall–Kier alpha value is -2.10. The smallest absolute Gasteiger partial charge is 0.231 e. The molecule has 0 bridgehead atoms. The second-order valence-electron chi connectivity index (χ2n) is 4.38. The van der Waals surface area contributed by atoms with E-state index in [1.54, 1.807) is 19.9 Å². The van der Waals surface area contributed by atoms with E-state index in [4.69, 9.17) is 10.2 Å². The van der Waals surface area contributed by atoms with Crippen molar-refractivity contribution < 1.29 is 13.6 Å². The van der Waals surface area contributed by atoms with Crippen LogP contribution < -0.4 is 5.73 Å². The zero-order valence-corrected chi connectivity index (χ0v) is 10.5. The summed E-state index contributed by atoms with van der Waals surface area (Å²) in [4.78, 5) is 12.1. The number of nitrogens with two attached hydrogens (primary N) is 1. The Labute approximate surface area is 104 Å². The normalized spacial score (nSPS) is 10.7. The van der Waals surface area contributed by atoms with E-state index in [2.05, 4.69) is 0 Å². The molecule has 0 spiro atoms. The lowest BCUT2D eigenvalue weighted by atomic mass is 10.0. The van der Waals surface area contributed by atoms with Crippen LogP contribution in [0.3, 0.4) is 0 Å². The first-order valence-electron chi connectivity index (χ1n) is 5.57. The Morgan fingerprint density at radius 2 is 1.83 bits per heavy atom. The summed E-state index contributed by atoms with van der Waals surface area (Å²) in [6.07, 6.45) is 0. The molecule has 0 amide bonds. The number of nitrogen functional groups attached to an aromatic ring is 1. The fourth-order valence-corrected chi connectivity index (χ4v) is 1.78. The van der Waals surface area contributed by atoms with Crippen molar-refractivity contribution in [3.05, 3.63) is 52.2 Å². The molecule has 3 nitrogen and oxygen atoms in total. The highest BCUT2D eigenvalue weighted by Crippen LogP contribution is 2.22. The van der Waals surface area contributed by atoms with Crippen molar-refractivity contribution in [2.75, 3.05) is 5.73 Å². The average Bonchev–Trinajstić information content (AvgIpc) is 2.63. The van der Waals surface area contributed by atoms with Gasteiger partial charge in [-0.25, -0.2) is 4.39 Å². The molecule has 0 saturated heterocycles. The molecule has 0 unspecified atom stereocenters. The van der Waals surface area contributed by atoms with Gasteiger partial charge in [0.2, 0.25) is 5.78 Å². The highest BCUT2D eigenvalue weighted by atomic mass is 19.1. The van der Waals surface area contributed by atoms with Gasteiger partial charge in [0.25, 0.3) is 0 Å². The first-order valence-corrected chi connectivity index (χ1v) is 5.57. The predicted octanol–water partition coefficient (Wildman–Crippen LogP) is 3.16. The molecule has 0 aliphatic heterocycles. The number of ketones is 1. The minimum atomic E-state index is -0.555. The van der Waals surface area contributed by atoms with E-state index in [1.165, 1.54) is 12.1 Å². The van der Waals surface area contributed by atoms with Gasteiger partial charge in [0.05, 0.1) is 5.56 Å². The number of hydrogen-bond donors (Lipinski definition) is 1. The molecule has 0 aliphatic carbocycles. The van der Waals surface area contributed by atoms with E-state index in [-0.39, 0.29) is 11.3 Å². The van der Waals surface area contributed by atoms with E-state index in [9.17, 15) is 9.18 Å². The molecule has 2 rings (SSSR count). The van der Waals surface area contributed by atoms with Crippen molar-refractivity contribution in [3.63, 3.8) is 0 Å². The predicted molar refractivity (Wildman–Crippen MR) is 67.2 cm³/mol. The second-order valence-corrected chi connectivity index (χ2v) is 4.38. The van der Waals surface area contributed by atoms with Crippen molar-refractivity contribution in [1.82, 2.24) is 0 Å². The molecule has 1 aromatic carbocycles. The van der Waals surface area contributed by atoms with Crippen molar-refractivity contribution in [1.29, 1.82) is 0 Å². The molecule has 0 fully saturated rings. The first-order chi connectivity index (χ1) is 8.40. The molecule has 2 aromatic rings.